The molecule has 4 heteroatoms. The van der Waals surface area contributed by atoms with Gasteiger partial charge in [-0.1, -0.05) is 42.5 Å². The van der Waals surface area contributed by atoms with Crippen molar-refractivity contribution in [3.8, 4) is 0 Å². The quantitative estimate of drug-likeness (QED) is 0.620. The Labute approximate surface area is 154 Å². The normalized spacial score (nSPS) is 10.3. The molecule has 0 aliphatic carbocycles. The molecule has 0 aliphatic rings. The molecule has 4 nitrogen and oxygen atoms in total. The summed E-state index contributed by atoms with van der Waals surface area (Å²) in [6, 6.07) is 21.8. The van der Waals surface area contributed by atoms with Crippen LogP contribution in [0.5, 0.6) is 0 Å². The minimum absolute atomic E-state index is 0.0762. The summed E-state index contributed by atoms with van der Waals surface area (Å²) >= 11 is 0. The first-order chi connectivity index (χ1) is 12.7. The van der Waals surface area contributed by atoms with E-state index in [9.17, 15) is 4.79 Å². The fourth-order valence-electron chi connectivity index (χ4n) is 2.75. The molecule has 1 amide bonds. The summed E-state index contributed by atoms with van der Waals surface area (Å²) in [6.07, 6.45) is 3.52. The topological polar surface area (TPSA) is 54.0 Å². The third kappa shape index (κ3) is 5.18. The number of carbonyl (C=O) groups is 1. The summed E-state index contributed by atoms with van der Waals surface area (Å²) in [6.45, 7) is 2.69. The van der Waals surface area contributed by atoms with Crippen LogP contribution in [0.15, 0.2) is 72.9 Å². The number of hydrogen-bond donors (Lipinski definition) is 2. The Morgan fingerprint density at radius 3 is 2.65 bits per heavy atom. The fraction of sp³-hybridized carbons (Fsp3) is 0.182. The molecule has 3 rings (SSSR count). The Hall–Kier alpha value is -3.14. The number of pyridine rings is 1. The predicted molar refractivity (Wildman–Crippen MR) is 106 cm³/mol. The molecule has 1 heterocycles. The van der Waals surface area contributed by atoms with Crippen molar-refractivity contribution in [2.75, 3.05) is 11.9 Å². The lowest BCUT2D eigenvalue weighted by Crippen LogP contribution is -2.24. The summed E-state index contributed by atoms with van der Waals surface area (Å²) in [5.74, 6) is 0.584. The summed E-state index contributed by atoms with van der Waals surface area (Å²) in [5, 5.41) is 6.21. The van der Waals surface area contributed by atoms with Crippen molar-refractivity contribution < 1.29 is 4.79 Å². The van der Waals surface area contributed by atoms with Crippen LogP contribution in [0.1, 0.15) is 27.9 Å². The van der Waals surface area contributed by atoms with Crippen molar-refractivity contribution in [1.82, 2.24) is 10.3 Å². The minimum Gasteiger partial charge on any atom is -0.352 e. The molecule has 0 radical (unpaired) electrons. The van der Waals surface area contributed by atoms with Crippen LogP contribution in [0.2, 0.25) is 0 Å². The smallest absolute Gasteiger partial charge is 0.251 e. The van der Waals surface area contributed by atoms with Gasteiger partial charge in [0.2, 0.25) is 0 Å². The van der Waals surface area contributed by atoms with E-state index < -0.39 is 0 Å². The van der Waals surface area contributed by atoms with Gasteiger partial charge in [0.15, 0.2) is 0 Å². The van der Waals surface area contributed by atoms with Gasteiger partial charge in [-0.2, -0.15) is 0 Å². The van der Waals surface area contributed by atoms with E-state index in [0.717, 1.165) is 18.5 Å². The van der Waals surface area contributed by atoms with E-state index in [-0.39, 0.29) is 5.91 Å². The highest BCUT2D eigenvalue weighted by atomic mass is 16.1. The van der Waals surface area contributed by atoms with Crippen LogP contribution < -0.4 is 10.6 Å². The van der Waals surface area contributed by atoms with Gasteiger partial charge in [-0.3, -0.25) is 4.79 Å². The third-order valence-electron chi connectivity index (χ3n) is 4.08. The number of aromatic nitrogens is 1. The van der Waals surface area contributed by atoms with Crippen LogP contribution >= 0.6 is 0 Å². The molecule has 0 atom stereocenters. The average Bonchev–Trinajstić information content (AvgIpc) is 2.66. The molecule has 2 aromatic carbocycles. The average molecular weight is 345 g/mol. The third-order valence-corrected chi connectivity index (χ3v) is 4.08. The zero-order chi connectivity index (χ0) is 18.2. The molecule has 132 valence electrons. The molecule has 0 fully saturated rings. The summed E-state index contributed by atoms with van der Waals surface area (Å²) in [4.78, 5) is 16.6. The zero-order valence-electron chi connectivity index (χ0n) is 14.9. The number of benzene rings is 2. The van der Waals surface area contributed by atoms with E-state index in [2.05, 4.69) is 27.8 Å². The van der Waals surface area contributed by atoms with E-state index in [1.807, 2.05) is 49.4 Å². The second-order valence-corrected chi connectivity index (χ2v) is 6.27. The highest BCUT2D eigenvalue weighted by Crippen LogP contribution is 2.16. The number of carbonyl (C=O) groups excluding carboxylic acids is 1. The second kappa shape index (κ2) is 8.81. The summed E-state index contributed by atoms with van der Waals surface area (Å²) in [7, 11) is 0. The molecule has 3 aromatic rings. The van der Waals surface area contributed by atoms with Crippen molar-refractivity contribution >= 4 is 17.4 Å². The van der Waals surface area contributed by atoms with Gasteiger partial charge in [-0.15, -0.1) is 0 Å². The minimum atomic E-state index is -0.0762. The Morgan fingerprint density at radius 2 is 1.85 bits per heavy atom. The van der Waals surface area contributed by atoms with E-state index in [1.54, 1.807) is 18.3 Å². The van der Waals surface area contributed by atoms with Gasteiger partial charge in [0.05, 0.1) is 0 Å². The lowest BCUT2D eigenvalue weighted by Gasteiger charge is -2.09. The van der Waals surface area contributed by atoms with E-state index >= 15 is 0 Å². The molecule has 0 spiro atoms. The number of aryl methyl sites for hydroxylation is 2. The lowest BCUT2D eigenvalue weighted by molar-refractivity contribution is 0.0953. The Bertz CT molecular complexity index is 862. The van der Waals surface area contributed by atoms with Gasteiger partial charge >= 0.3 is 0 Å². The van der Waals surface area contributed by atoms with Gasteiger partial charge < -0.3 is 10.6 Å². The number of rotatable bonds is 7. The summed E-state index contributed by atoms with van der Waals surface area (Å²) < 4.78 is 0. The fourth-order valence-corrected chi connectivity index (χ4v) is 2.75. The molecule has 0 saturated carbocycles. The van der Waals surface area contributed by atoms with Crippen LogP contribution in [-0.2, 0) is 6.42 Å². The molecule has 0 unspecified atom stereocenters. The maximum Gasteiger partial charge on any atom is 0.251 e. The number of nitrogens with zero attached hydrogens (tertiary/aromatic N) is 1. The predicted octanol–water partition coefficient (Wildman–Crippen LogP) is 4.50. The standard InChI is InChI=1S/C22H23N3O/c1-17-7-5-11-20(15-17)25-21-16-19(12-14-23-21)22(26)24-13-6-10-18-8-3-2-4-9-18/h2-5,7-9,11-12,14-16H,6,10,13H2,1H3,(H,23,25)(H,24,26). The van der Waals surface area contributed by atoms with Crippen molar-refractivity contribution in [3.63, 3.8) is 0 Å². The van der Waals surface area contributed by atoms with Gasteiger partial charge in [0.1, 0.15) is 5.82 Å². The molecule has 26 heavy (non-hydrogen) atoms. The van der Waals surface area contributed by atoms with Crippen molar-refractivity contribution in [2.45, 2.75) is 19.8 Å². The number of amides is 1. The van der Waals surface area contributed by atoms with Crippen molar-refractivity contribution in [3.05, 3.63) is 89.6 Å². The van der Waals surface area contributed by atoms with Crippen LogP contribution in [0, 0.1) is 6.92 Å². The zero-order valence-corrected chi connectivity index (χ0v) is 14.9. The van der Waals surface area contributed by atoms with E-state index in [1.165, 1.54) is 11.1 Å². The number of hydrogen-bond acceptors (Lipinski definition) is 3. The first-order valence-corrected chi connectivity index (χ1v) is 8.82. The first kappa shape index (κ1) is 17.7. The Morgan fingerprint density at radius 1 is 1.00 bits per heavy atom. The maximum atomic E-state index is 12.3. The van der Waals surface area contributed by atoms with Gasteiger partial charge in [0.25, 0.3) is 5.91 Å². The van der Waals surface area contributed by atoms with Gasteiger partial charge in [-0.25, -0.2) is 4.98 Å². The van der Waals surface area contributed by atoms with Gasteiger partial charge in [-0.05, 0) is 55.2 Å². The maximum absolute atomic E-state index is 12.3. The molecule has 0 saturated heterocycles. The molecule has 1 aromatic heterocycles. The SMILES string of the molecule is Cc1cccc(Nc2cc(C(=O)NCCCc3ccccc3)ccn2)c1. The molecule has 0 bridgehead atoms. The molecule has 2 N–H and O–H groups in total. The van der Waals surface area contributed by atoms with E-state index in [0.29, 0.717) is 17.9 Å². The second-order valence-electron chi connectivity index (χ2n) is 6.27. The van der Waals surface area contributed by atoms with Crippen LogP contribution in [0.4, 0.5) is 11.5 Å². The van der Waals surface area contributed by atoms with Crippen molar-refractivity contribution in [2.24, 2.45) is 0 Å². The molecule has 0 aliphatic heterocycles. The highest BCUT2D eigenvalue weighted by Gasteiger charge is 2.07. The monoisotopic (exact) mass is 345 g/mol. The van der Waals surface area contributed by atoms with Crippen LogP contribution in [0.3, 0.4) is 0 Å². The molecular weight excluding hydrogens is 322 g/mol. The Kier molecular flexibility index (Phi) is 5.99. The Balaban J connectivity index is 1.53. The largest absolute Gasteiger partial charge is 0.352 e. The highest BCUT2D eigenvalue weighted by molar-refractivity contribution is 5.94. The van der Waals surface area contributed by atoms with Crippen molar-refractivity contribution in [1.29, 1.82) is 0 Å². The summed E-state index contributed by atoms with van der Waals surface area (Å²) in [5.41, 5.74) is 4.02. The van der Waals surface area contributed by atoms with Crippen LogP contribution in [-0.4, -0.2) is 17.4 Å². The van der Waals surface area contributed by atoms with Gasteiger partial charge in [0, 0.05) is 24.0 Å². The first-order valence-electron chi connectivity index (χ1n) is 8.82. The molecular formula is C22H23N3O. The lowest BCUT2D eigenvalue weighted by atomic mass is 10.1. The van der Waals surface area contributed by atoms with E-state index in [4.69, 9.17) is 0 Å². The number of anilines is 2. The number of nitrogens with one attached hydrogen (secondary N) is 2. The van der Waals surface area contributed by atoms with Crippen LogP contribution in [0.25, 0.3) is 0 Å².